The van der Waals surface area contributed by atoms with Crippen molar-refractivity contribution in [2.75, 3.05) is 13.1 Å². The van der Waals surface area contributed by atoms with Gasteiger partial charge in [0.2, 0.25) is 0 Å². The first-order chi connectivity index (χ1) is 12.9. The van der Waals surface area contributed by atoms with Gasteiger partial charge in [-0.05, 0) is 30.2 Å². The number of aromatic nitrogens is 2. The van der Waals surface area contributed by atoms with Crippen LogP contribution < -0.4 is 9.50 Å². The van der Waals surface area contributed by atoms with Gasteiger partial charge in [0.05, 0.1) is 5.69 Å². The average Bonchev–Trinajstić information content (AvgIpc) is 2.94. The Bertz CT molecular complexity index is 1050. The first-order valence-electron chi connectivity index (χ1n) is 8.79. The van der Waals surface area contributed by atoms with Gasteiger partial charge in [-0.15, -0.1) is 5.10 Å². The largest absolute Gasteiger partial charge is 0.357 e. The lowest BCUT2D eigenvalue weighted by Crippen LogP contribution is -2.39. The Balaban J connectivity index is 1.56. The molecule has 3 aromatic rings. The van der Waals surface area contributed by atoms with Crippen molar-refractivity contribution in [3.05, 3.63) is 65.7 Å². The second-order valence-corrected chi connectivity index (χ2v) is 8.37. The molecule has 0 saturated carbocycles. The summed E-state index contributed by atoms with van der Waals surface area (Å²) in [6.07, 6.45) is 0. The zero-order valence-corrected chi connectivity index (χ0v) is 16.0. The smallest absolute Gasteiger partial charge is 0.340 e. The van der Waals surface area contributed by atoms with Crippen LogP contribution in [-0.4, -0.2) is 31.3 Å². The highest BCUT2D eigenvalue weighted by Crippen LogP contribution is 2.28. The maximum Gasteiger partial charge on any atom is 0.340 e. The van der Waals surface area contributed by atoms with E-state index in [4.69, 9.17) is 4.18 Å². The number of benzene rings is 2. The number of nitrogens with one attached hydrogen (secondary N) is 1. The maximum atomic E-state index is 12.5. The van der Waals surface area contributed by atoms with E-state index in [1.54, 1.807) is 29.9 Å². The SMILES string of the molecule is Cc1ccc(S(=O)(=O)Oc2cc(-c3ccc(C4CNC4)cc3)n(C)n2)cc1. The average molecular weight is 383 g/mol. The Morgan fingerprint density at radius 2 is 1.74 bits per heavy atom. The number of rotatable bonds is 5. The quantitative estimate of drug-likeness (QED) is 0.686. The fourth-order valence-corrected chi connectivity index (χ4v) is 3.94. The van der Waals surface area contributed by atoms with Gasteiger partial charge in [-0.1, -0.05) is 42.0 Å². The molecule has 2 heterocycles. The lowest BCUT2D eigenvalue weighted by Gasteiger charge is -2.27. The summed E-state index contributed by atoms with van der Waals surface area (Å²) < 4.78 is 31.8. The van der Waals surface area contributed by atoms with Crippen molar-refractivity contribution in [1.82, 2.24) is 15.1 Å². The molecule has 1 fully saturated rings. The van der Waals surface area contributed by atoms with E-state index < -0.39 is 10.1 Å². The minimum atomic E-state index is -3.91. The molecule has 0 radical (unpaired) electrons. The Kier molecular flexibility index (Phi) is 4.49. The van der Waals surface area contributed by atoms with Crippen LogP contribution >= 0.6 is 0 Å². The lowest BCUT2D eigenvalue weighted by atomic mass is 9.93. The van der Waals surface area contributed by atoms with Crippen LogP contribution in [0.3, 0.4) is 0 Å². The third-order valence-electron chi connectivity index (χ3n) is 4.82. The predicted molar refractivity (Wildman–Crippen MR) is 103 cm³/mol. The molecule has 0 spiro atoms. The molecule has 6 nitrogen and oxygen atoms in total. The number of nitrogens with zero attached hydrogens (tertiary/aromatic N) is 2. The van der Waals surface area contributed by atoms with Gasteiger partial charge in [0.1, 0.15) is 4.90 Å². The van der Waals surface area contributed by atoms with E-state index in [-0.39, 0.29) is 10.8 Å². The highest BCUT2D eigenvalue weighted by atomic mass is 32.2. The van der Waals surface area contributed by atoms with E-state index in [2.05, 4.69) is 22.5 Å². The van der Waals surface area contributed by atoms with Crippen LogP contribution in [0.5, 0.6) is 5.88 Å². The van der Waals surface area contributed by atoms with Crippen molar-refractivity contribution in [3.63, 3.8) is 0 Å². The molecule has 140 valence electrons. The molecule has 1 aromatic heterocycles. The van der Waals surface area contributed by atoms with Crippen molar-refractivity contribution in [2.45, 2.75) is 17.7 Å². The van der Waals surface area contributed by atoms with Crippen LogP contribution in [0.15, 0.2) is 59.5 Å². The van der Waals surface area contributed by atoms with Gasteiger partial charge in [0.25, 0.3) is 5.88 Å². The molecule has 0 amide bonds. The fourth-order valence-electron chi connectivity index (χ4n) is 3.07. The molecular weight excluding hydrogens is 362 g/mol. The number of aryl methyl sites for hydroxylation is 2. The molecule has 7 heteroatoms. The Morgan fingerprint density at radius 1 is 1.07 bits per heavy atom. The summed E-state index contributed by atoms with van der Waals surface area (Å²) in [6, 6.07) is 16.5. The summed E-state index contributed by atoms with van der Waals surface area (Å²) in [5, 5.41) is 7.47. The minimum absolute atomic E-state index is 0.0559. The van der Waals surface area contributed by atoms with E-state index in [1.807, 2.05) is 19.1 Å². The van der Waals surface area contributed by atoms with E-state index in [0.29, 0.717) is 5.92 Å². The van der Waals surface area contributed by atoms with Crippen LogP contribution in [0.2, 0.25) is 0 Å². The number of hydrogen-bond donors (Lipinski definition) is 1. The van der Waals surface area contributed by atoms with Crippen LogP contribution in [0.1, 0.15) is 17.0 Å². The lowest BCUT2D eigenvalue weighted by molar-refractivity contribution is 0.448. The van der Waals surface area contributed by atoms with Crippen LogP contribution in [0, 0.1) is 6.92 Å². The van der Waals surface area contributed by atoms with Gasteiger partial charge in [0, 0.05) is 32.1 Å². The topological polar surface area (TPSA) is 73.2 Å². The Hall–Kier alpha value is -2.64. The maximum absolute atomic E-state index is 12.5. The van der Waals surface area contributed by atoms with Gasteiger partial charge in [-0.2, -0.15) is 8.42 Å². The highest BCUT2D eigenvalue weighted by Gasteiger charge is 2.21. The third-order valence-corrected chi connectivity index (χ3v) is 6.06. The second-order valence-electron chi connectivity index (χ2n) is 6.82. The molecule has 0 bridgehead atoms. The monoisotopic (exact) mass is 383 g/mol. The molecule has 1 saturated heterocycles. The summed E-state index contributed by atoms with van der Waals surface area (Å²) >= 11 is 0. The fraction of sp³-hybridized carbons (Fsp3) is 0.250. The summed E-state index contributed by atoms with van der Waals surface area (Å²) in [7, 11) is -2.14. The van der Waals surface area contributed by atoms with Crippen molar-refractivity contribution in [1.29, 1.82) is 0 Å². The van der Waals surface area contributed by atoms with Crippen molar-refractivity contribution in [3.8, 4) is 17.1 Å². The zero-order chi connectivity index (χ0) is 19.0. The molecule has 0 unspecified atom stereocenters. The highest BCUT2D eigenvalue weighted by molar-refractivity contribution is 7.87. The molecule has 2 aromatic carbocycles. The van der Waals surface area contributed by atoms with Gasteiger partial charge in [0.15, 0.2) is 0 Å². The van der Waals surface area contributed by atoms with E-state index in [0.717, 1.165) is 29.9 Å². The number of hydrogen-bond acceptors (Lipinski definition) is 5. The van der Waals surface area contributed by atoms with Gasteiger partial charge >= 0.3 is 10.1 Å². The first-order valence-corrected chi connectivity index (χ1v) is 10.2. The minimum Gasteiger partial charge on any atom is -0.357 e. The molecule has 4 rings (SSSR count). The van der Waals surface area contributed by atoms with E-state index >= 15 is 0 Å². The van der Waals surface area contributed by atoms with Crippen molar-refractivity contribution >= 4 is 10.1 Å². The van der Waals surface area contributed by atoms with Crippen molar-refractivity contribution < 1.29 is 12.6 Å². The van der Waals surface area contributed by atoms with Gasteiger partial charge in [-0.3, -0.25) is 4.68 Å². The first kappa shape index (κ1) is 17.8. The third kappa shape index (κ3) is 3.61. The standard InChI is InChI=1S/C20H21N3O3S/c1-14-3-9-18(10-4-14)27(24,25)26-20-11-19(23(2)22-20)16-7-5-15(6-8-16)17-12-21-13-17/h3-11,17,21H,12-13H2,1-2H3. The Morgan fingerprint density at radius 3 is 2.33 bits per heavy atom. The predicted octanol–water partition coefficient (Wildman–Crippen LogP) is 2.85. The molecule has 1 aliphatic rings. The summed E-state index contributed by atoms with van der Waals surface area (Å²) in [5.41, 5.74) is 4.04. The van der Waals surface area contributed by atoms with Gasteiger partial charge in [-0.25, -0.2) is 0 Å². The van der Waals surface area contributed by atoms with Crippen LogP contribution in [-0.2, 0) is 17.2 Å². The normalized spacial score (nSPS) is 14.7. The molecule has 0 atom stereocenters. The van der Waals surface area contributed by atoms with Crippen LogP contribution in [0.4, 0.5) is 0 Å². The summed E-state index contributed by atoms with van der Waals surface area (Å²) in [4.78, 5) is 0.110. The molecular formula is C20H21N3O3S. The van der Waals surface area contributed by atoms with E-state index in [1.165, 1.54) is 17.7 Å². The zero-order valence-electron chi connectivity index (χ0n) is 15.2. The second kappa shape index (κ2) is 6.83. The Labute approximate surface area is 158 Å². The summed E-state index contributed by atoms with van der Waals surface area (Å²) in [6.45, 7) is 3.93. The van der Waals surface area contributed by atoms with Crippen molar-refractivity contribution in [2.24, 2.45) is 7.05 Å². The van der Waals surface area contributed by atoms with Crippen LogP contribution in [0.25, 0.3) is 11.3 Å². The molecule has 1 aliphatic heterocycles. The molecule has 0 aliphatic carbocycles. The molecule has 1 N–H and O–H groups in total. The summed E-state index contributed by atoms with van der Waals surface area (Å²) in [5.74, 6) is 0.629. The van der Waals surface area contributed by atoms with E-state index in [9.17, 15) is 8.42 Å². The van der Waals surface area contributed by atoms with Gasteiger partial charge < -0.3 is 9.50 Å². The molecule has 27 heavy (non-hydrogen) atoms.